The molecule has 2 amide bonds. The molecular formula is C17H19N3O4S. The van der Waals surface area contributed by atoms with Crippen LogP contribution in [0, 0.1) is 0 Å². The molecule has 7 nitrogen and oxygen atoms in total. The lowest BCUT2D eigenvalue weighted by Crippen LogP contribution is -2.34. The lowest BCUT2D eigenvalue weighted by molar-refractivity contribution is -0.116. The molecule has 2 aromatic carbocycles. The van der Waals surface area contributed by atoms with Gasteiger partial charge in [0.2, 0.25) is 15.9 Å². The van der Waals surface area contributed by atoms with E-state index in [1.165, 1.54) is 17.0 Å². The van der Waals surface area contributed by atoms with Gasteiger partial charge < -0.3 is 10.2 Å². The number of carbonyl (C=O) groups excluding carboxylic acids is 2. The van der Waals surface area contributed by atoms with E-state index < -0.39 is 10.0 Å². The summed E-state index contributed by atoms with van der Waals surface area (Å²) < 4.78 is 24.6. The second-order valence-electron chi connectivity index (χ2n) is 5.53. The van der Waals surface area contributed by atoms with Gasteiger partial charge in [-0.15, -0.1) is 0 Å². The summed E-state index contributed by atoms with van der Waals surface area (Å²) in [6.07, 6.45) is 1.06. The molecule has 132 valence electrons. The number of hydrogen-bond acceptors (Lipinski definition) is 4. The quantitative estimate of drug-likeness (QED) is 0.820. The van der Waals surface area contributed by atoms with Crippen LogP contribution in [0.3, 0.4) is 0 Å². The average Bonchev–Trinajstić information content (AvgIpc) is 2.55. The molecule has 0 aliphatic carbocycles. The summed E-state index contributed by atoms with van der Waals surface area (Å²) in [5.41, 5.74) is 1.41. The minimum Gasteiger partial charge on any atom is -0.332 e. The number of anilines is 2. The standard InChI is InChI=1S/C17H19N3O4S/c1-20(17(22)13-6-4-3-5-7-13)12-16(21)18-14-8-10-15(11-9-14)19-25(2,23)24/h3-11,19H,12H2,1-2H3,(H,18,21). The SMILES string of the molecule is CN(CC(=O)Nc1ccc(NS(C)(=O)=O)cc1)C(=O)c1ccccc1. The number of benzene rings is 2. The van der Waals surface area contributed by atoms with E-state index in [0.29, 0.717) is 16.9 Å². The van der Waals surface area contributed by atoms with E-state index in [1.54, 1.807) is 43.4 Å². The van der Waals surface area contributed by atoms with Gasteiger partial charge in [-0.3, -0.25) is 14.3 Å². The predicted molar refractivity (Wildman–Crippen MR) is 96.9 cm³/mol. The number of likely N-dealkylation sites (N-methyl/N-ethyl adjacent to an activating group) is 1. The molecule has 0 saturated carbocycles. The van der Waals surface area contributed by atoms with E-state index in [2.05, 4.69) is 10.0 Å². The molecule has 0 saturated heterocycles. The van der Waals surface area contributed by atoms with E-state index in [1.807, 2.05) is 6.07 Å². The molecule has 2 N–H and O–H groups in total. The maximum atomic E-state index is 12.2. The Kier molecular flexibility index (Phi) is 5.76. The molecule has 0 fully saturated rings. The molecule has 0 radical (unpaired) electrons. The van der Waals surface area contributed by atoms with Crippen LogP contribution in [-0.4, -0.2) is 45.0 Å². The maximum Gasteiger partial charge on any atom is 0.254 e. The fraction of sp³-hybridized carbons (Fsp3) is 0.176. The Labute approximate surface area is 146 Å². The molecule has 0 spiro atoms. The zero-order valence-corrected chi connectivity index (χ0v) is 14.7. The Bertz CT molecular complexity index is 849. The predicted octanol–water partition coefficient (Wildman–Crippen LogP) is 1.77. The van der Waals surface area contributed by atoms with Gasteiger partial charge >= 0.3 is 0 Å². The molecule has 0 bridgehead atoms. The topological polar surface area (TPSA) is 95.6 Å². The van der Waals surface area contributed by atoms with Crippen molar-refractivity contribution in [2.45, 2.75) is 0 Å². The van der Waals surface area contributed by atoms with Crippen molar-refractivity contribution in [2.24, 2.45) is 0 Å². The van der Waals surface area contributed by atoms with Gasteiger partial charge in [-0.2, -0.15) is 0 Å². The maximum absolute atomic E-state index is 12.2. The van der Waals surface area contributed by atoms with Crippen molar-refractivity contribution in [3.8, 4) is 0 Å². The van der Waals surface area contributed by atoms with E-state index >= 15 is 0 Å². The van der Waals surface area contributed by atoms with Crippen molar-refractivity contribution in [2.75, 3.05) is 29.9 Å². The summed E-state index contributed by atoms with van der Waals surface area (Å²) in [6.45, 7) is -0.100. The van der Waals surface area contributed by atoms with Crippen LogP contribution in [0.4, 0.5) is 11.4 Å². The first-order chi connectivity index (χ1) is 11.7. The van der Waals surface area contributed by atoms with Crippen LogP contribution in [-0.2, 0) is 14.8 Å². The van der Waals surface area contributed by atoms with E-state index in [9.17, 15) is 18.0 Å². The zero-order valence-electron chi connectivity index (χ0n) is 13.9. The molecule has 0 aliphatic heterocycles. The number of nitrogens with one attached hydrogen (secondary N) is 2. The van der Waals surface area contributed by atoms with Crippen LogP contribution >= 0.6 is 0 Å². The van der Waals surface area contributed by atoms with Gasteiger partial charge in [0.05, 0.1) is 12.8 Å². The first-order valence-corrected chi connectivity index (χ1v) is 9.32. The summed E-state index contributed by atoms with van der Waals surface area (Å²) in [4.78, 5) is 25.6. The van der Waals surface area contributed by atoms with Crippen LogP contribution < -0.4 is 10.0 Å². The third-order valence-corrected chi connectivity index (χ3v) is 3.83. The van der Waals surface area contributed by atoms with Crippen LogP contribution in [0.2, 0.25) is 0 Å². The van der Waals surface area contributed by atoms with E-state index in [4.69, 9.17) is 0 Å². The molecule has 2 rings (SSSR count). The normalized spacial score (nSPS) is 10.8. The first kappa shape index (κ1) is 18.5. The van der Waals surface area contributed by atoms with Crippen LogP contribution in [0.25, 0.3) is 0 Å². The highest BCUT2D eigenvalue weighted by molar-refractivity contribution is 7.92. The number of amides is 2. The van der Waals surface area contributed by atoms with Gasteiger partial charge in [-0.05, 0) is 36.4 Å². The Hall–Kier alpha value is -2.87. The summed E-state index contributed by atoms with van der Waals surface area (Å²) >= 11 is 0. The molecule has 0 heterocycles. The van der Waals surface area contributed by atoms with E-state index in [0.717, 1.165) is 6.26 Å². The summed E-state index contributed by atoms with van der Waals surface area (Å²) in [5.74, 6) is -0.598. The first-order valence-electron chi connectivity index (χ1n) is 7.43. The number of hydrogen-bond donors (Lipinski definition) is 2. The third-order valence-electron chi connectivity index (χ3n) is 3.22. The van der Waals surface area contributed by atoms with Gasteiger partial charge in [-0.25, -0.2) is 8.42 Å². The Morgan fingerprint density at radius 1 is 0.960 bits per heavy atom. The van der Waals surface area contributed by atoms with Gasteiger partial charge in [0.1, 0.15) is 0 Å². The van der Waals surface area contributed by atoms with Crippen molar-refractivity contribution in [1.29, 1.82) is 0 Å². The minimum atomic E-state index is -3.35. The molecular weight excluding hydrogens is 342 g/mol. The van der Waals surface area contributed by atoms with Crippen molar-refractivity contribution in [1.82, 2.24) is 4.90 Å². The fourth-order valence-corrected chi connectivity index (χ4v) is 2.69. The minimum absolute atomic E-state index is 0.100. The Balaban J connectivity index is 1.92. The third kappa shape index (κ3) is 5.92. The molecule has 8 heteroatoms. The zero-order chi connectivity index (χ0) is 18.4. The van der Waals surface area contributed by atoms with Gasteiger partial charge in [0, 0.05) is 24.0 Å². The van der Waals surface area contributed by atoms with Gasteiger partial charge in [-0.1, -0.05) is 18.2 Å². The highest BCUT2D eigenvalue weighted by Crippen LogP contribution is 2.14. The average molecular weight is 361 g/mol. The van der Waals surface area contributed by atoms with E-state index in [-0.39, 0.29) is 18.4 Å². The van der Waals surface area contributed by atoms with Crippen molar-refractivity contribution in [3.63, 3.8) is 0 Å². The van der Waals surface area contributed by atoms with Crippen molar-refractivity contribution < 1.29 is 18.0 Å². The number of rotatable bonds is 6. The second kappa shape index (κ2) is 7.80. The Morgan fingerprint density at radius 3 is 2.08 bits per heavy atom. The van der Waals surface area contributed by atoms with Crippen molar-refractivity contribution >= 4 is 33.2 Å². The molecule has 0 atom stereocenters. The lowest BCUT2D eigenvalue weighted by Gasteiger charge is -2.17. The Morgan fingerprint density at radius 2 is 1.52 bits per heavy atom. The van der Waals surface area contributed by atoms with Crippen LogP contribution in [0.5, 0.6) is 0 Å². The number of carbonyl (C=O) groups is 2. The summed E-state index contributed by atoms with van der Waals surface area (Å²) in [6, 6.07) is 14.9. The largest absolute Gasteiger partial charge is 0.332 e. The molecule has 2 aromatic rings. The fourth-order valence-electron chi connectivity index (χ4n) is 2.12. The number of nitrogens with zero attached hydrogens (tertiary/aromatic N) is 1. The van der Waals surface area contributed by atoms with Gasteiger partial charge in [0.15, 0.2) is 0 Å². The summed E-state index contributed by atoms with van der Waals surface area (Å²) in [5, 5.41) is 2.66. The smallest absolute Gasteiger partial charge is 0.254 e. The van der Waals surface area contributed by atoms with Crippen LogP contribution in [0.15, 0.2) is 54.6 Å². The lowest BCUT2D eigenvalue weighted by atomic mass is 10.2. The highest BCUT2D eigenvalue weighted by atomic mass is 32.2. The molecule has 25 heavy (non-hydrogen) atoms. The van der Waals surface area contributed by atoms with Gasteiger partial charge in [0.25, 0.3) is 5.91 Å². The molecule has 0 aromatic heterocycles. The molecule has 0 unspecified atom stereocenters. The second-order valence-corrected chi connectivity index (χ2v) is 7.28. The molecule has 0 aliphatic rings. The number of sulfonamides is 1. The summed E-state index contributed by atoms with van der Waals surface area (Å²) in [7, 11) is -1.80. The van der Waals surface area contributed by atoms with Crippen LogP contribution in [0.1, 0.15) is 10.4 Å². The highest BCUT2D eigenvalue weighted by Gasteiger charge is 2.14. The van der Waals surface area contributed by atoms with Crippen molar-refractivity contribution in [3.05, 3.63) is 60.2 Å². The monoisotopic (exact) mass is 361 g/mol.